The number of benzene rings is 1. The lowest BCUT2D eigenvalue weighted by Gasteiger charge is -2.13. The second-order valence-corrected chi connectivity index (χ2v) is 7.08. The van der Waals surface area contributed by atoms with Crippen LogP contribution in [0.5, 0.6) is 0 Å². The van der Waals surface area contributed by atoms with Crippen molar-refractivity contribution >= 4 is 7.14 Å². The zero-order chi connectivity index (χ0) is 10.4. The first-order valence-corrected chi connectivity index (χ1v) is 7.27. The zero-order valence-corrected chi connectivity index (χ0v) is 9.54. The van der Waals surface area contributed by atoms with Gasteiger partial charge in [-0.15, -0.1) is 0 Å². The topological polar surface area (TPSA) is 17.1 Å². The molecule has 0 spiro atoms. The van der Waals surface area contributed by atoms with Gasteiger partial charge in [0, 0.05) is 12.3 Å². The van der Waals surface area contributed by atoms with Crippen molar-refractivity contribution in [2.75, 3.05) is 18.5 Å². The first-order chi connectivity index (χ1) is 6.70. The molecule has 2 radical (unpaired) electrons. The highest BCUT2D eigenvalue weighted by atomic mass is 31.2. The van der Waals surface area contributed by atoms with Crippen molar-refractivity contribution in [1.29, 1.82) is 0 Å². The lowest BCUT2D eigenvalue weighted by Crippen LogP contribution is -1.99. The Morgan fingerprint density at radius 1 is 1.29 bits per heavy atom. The fraction of sp³-hybridized carbons (Fsp3) is 0.417. The Morgan fingerprint density at radius 2 is 1.93 bits per heavy atom. The molecule has 1 unspecified atom stereocenters. The molecule has 1 aromatic carbocycles. The molecule has 0 saturated carbocycles. The maximum Gasteiger partial charge on any atom is 0.0881 e. The molecular weight excluding hydrogens is 191 g/mol. The van der Waals surface area contributed by atoms with E-state index in [0.29, 0.717) is 6.16 Å². The van der Waals surface area contributed by atoms with Gasteiger partial charge in [-0.05, 0) is 25.1 Å². The summed E-state index contributed by atoms with van der Waals surface area (Å²) in [7, 11) is -2.07. The second kappa shape index (κ2) is 5.36. The summed E-state index contributed by atoms with van der Waals surface area (Å²) in [6.45, 7) is 7.48. The minimum absolute atomic E-state index is 0.344. The molecule has 1 aromatic rings. The molecule has 0 bridgehead atoms. The second-order valence-electron chi connectivity index (χ2n) is 3.52. The molecule has 14 heavy (non-hydrogen) atoms. The van der Waals surface area contributed by atoms with Gasteiger partial charge in [0.2, 0.25) is 0 Å². The summed E-state index contributed by atoms with van der Waals surface area (Å²) < 4.78 is 12.0. The van der Waals surface area contributed by atoms with Crippen molar-refractivity contribution < 1.29 is 4.57 Å². The Balaban J connectivity index is 2.52. The van der Waals surface area contributed by atoms with Gasteiger partial charge in [0.05, 0.1) is 7.14 Å². The molecule has 0 saturated heterocycles. The Kier molecular flexibility index (Phi) is 4.41. The van der Waals surface area contributed by atoms with Crippen molar-refractivity contribution in [1.82, 2.24) is 0 Å². The third-order valence-electron chi connectivity index (χ3n) is 2.56. The Hall–Kier alpha value is -0.550. The average molecular weight is 208 g/mol. The molecule has 0 aliphatic heterocycles. The SMILES string of the molecule is [CH]CP(=O)(CC)CCc1ccccc1. The molecule has 0 aliphatic carbocycles. The minimum Gasteiger partial charge on any atom is -0.324 e. The van der Waals surface area contributed by atoms with Crippen LogP contribution in [0.15, 0.2) is 30.3 Å². The standard InChI is InChI=1S/C12H17OP/c1-3-14(13,4-2)11-10-12-8-6-5-7-9-12/h1,5-9H,3-4,10-11H2,2H3. The smallest absolute Gasteiger partial charge is 0.0881 e. The predicted molar refractivity (Wildman–Crippen MR) is 62.3 cm³/mol. The summed E-state index contributed by atoms with van der Waals surface area (Å²) in [4.78, 5) is 0. The summed E-state index contributed by atoms with van der Waals surface area (Å²) in [5.41, 5.74) is 1.25. The van der Waals surface area contributed by atoms with Crippen molar-refractivity contribution in [2.45, 2.75) is 13.3 Å². The largest absolute Gasteiger partial charge is 0.324 e. The van der Waals surface area contributed by atoms with Crippen molar-refractivity contribution in [3.05, 3.63) is 42.8 Å². The van der Waals surface area contributed by atoms with E-state index in [0.717, 1.165) is 18.7 Å². The lowest BCUT2D eigenvalue weighted by molar-refractivity contribution is 0.576. The molecule has 0 heterocycles. The molecule has 1 atom stereocenters. The van der Waals surface area contributed by atoms with E-state index in [2.05, 4.69) is 12.1 Å². The first kappa shape index (κ1) is 11.5. The summed E-state index contributed by atoms with van der Waals surface area (Å²) in [5, 5.41) is 0. The number of rotatable bonds is 5. The van der Waals surface area contributed by atoms with E-state index in [4.69, 9.17) is 6.92 Å². The molecule has 1 nitrogen and oxygen atoms in total. The normalized spacial score (nSPS) is 11.6. The maximum atomic E-state index is 12.0. The van der Waals surface area contributed by atoms with Crippen LogP contribution >= 0.6 is 7.14 Å². The Bertz CT molecular complexity index is 297. The average Bonchev–Trinajstić information content (AvgIpc) is 2.27. The van der Waals surface area contributed by atoms with Crippen molar-refractivity contribution in [3.8, 4) is 0 Å². The van der Waals surface area contributed by atoms with E-state index >= 15 is 0 Å². The lowest BCUT2D eigenvalue weighted by atomic mass is 10.2. The summed E-state index contributed by atoms with van der Waals surface area (Å²) >= 11 is 0. The number of hydrogen-bond acceptors (Lipinski definition) is 1. The van der Waals surface area contributed by atoms with Gasteiger partial charge < -0.3 is 4.57 Å². The monoisotopic (exact) mass is 208 g/mol. The van der Waals surface area contributed by atoms with Crippen LogP contribution < -0.4 is 0 Å². The van der Waals surface area contributed by atoms with Gasteiger partial charge in [-0.1, -0.05) is 37.3 Å². The van der Waals surface area contributed by atoms with Crippen LogP contribution in [0, 0.1) is 6.92 Å². The quantitative estimate of drug-likeness (QED) is 0.678. The van der Waals surface area contributed by atoms with Crippen LogP contribution in [0.25, 0.3) is 0 Å². The minimum atomic E-state index is -2.07. The highest BCUT2D eigenvalue weighted by molar-refractivity contribution is 7.63. The predicted octanol–water partition coefficient (Wildman–Crippen LogP) is 3.32. The molecule has 1 rings (SSSR count). The Morgan fingerprint density at radius 3 is 2.43 bits per heavy atom. The molecule has 0 amide bonds. The Labute approximate surface area is 86.9 Å². The van der Waals surface area contributed by atoms with Crippen LogP contribution in [-0.4, -0.2) is 18.5 Å². The van der Waals surface area contributed by atoms with Gasteiger partial charge in [0.1, 0.15) is 0 Å². The molecule has 0 aliphatic rings. The van der Waals surface area contributed by atoms with Gasteiger partial charge in [-0.2, -0.15) is 0 Å². The van der Waals surface area contributed by atoms with Crippen molar-refractivity contribution in [2.24, 2.45) is 0 Å². The van der Waals surface area contributed by atoms with Gasteiger partial charge in [-0.25, -0.2) is 0 Å². The van der Waals surface area contributed by atoms with Crippen LogP contribution in [0.2, 0.25) is 0 Å². The van der Waals surface area contributed by atoms with Gasteiger partial charge in [0.15, 0.2) is 0 Å². The molecule has 0 aromatic heterocycles. The summed E-state index contributed by atoms with van der Waals surface area (Å²) in [6.07, 6.45) is 2.68. The third kappa shape index (κ3) is 3.31. The fourth-order valence-electron chi connectivity index (χ4n) is 1.36. The molecule has 0 fully saturated rings. The molecule has 0 N–H and O–H groups in total. The van der Waals surface area contributed by atoms with Crippen LogP contribution in [0.4, 0.5) is 0 Å². The highest BCUT2D eigenvalue weighted by Crippen LogP contribution is 2.44. The third-order valence-corrected chi connectivity index (χ3v) is 5.42. The van der Waals surface area contributed by atoms with E-state index in [1.54, 1.807) is 0 Å². The van der Waals surface area contributed by atoms with E-state index in [-0.39, 0.29) is 0 Å². The van der Waals surface area contributed by atoms with E-state index in [1.807, 2.05) is 25.1 Å². The number of aryl methyl sites for hydroxylation is 1. The molecular formula is C12H17OP. The van der Waals surface area contributed by atoms with E-state index in [1.165, 1.54) is 5.56 Å². The molecule has 76 valence electrons. The first-order valence-electron chi connectivity index (χ1n) is 5.01. The van der Waals surface area contributed by atoms with Gasteiger partial charge >= 0.3 is 0 Å². The van der Waals surface area contributed by atoms with Crippen LogP contribution in [0.3, 0.4) is 0 Å². The summed E-state index contributed by atoms with van der Waals surface area (Å²) in [5.74, 6) is 0. The fourth-order valence-corrected chi connectivity index (χ4v) is 2.78. The maximum absolute atomic E-state index is 12.0. The highest BCUT2D eigenvalue weighted by Gasteiger charge is 2.16. The van der Waals surface area contributed by atoms with Gasteiger partial charge in [0.25, 0.3) is 0 Å². The van der Waals surface area contributed by atoms with Gasteiger partial charge in [-0.3, -0.25) is 0 Å². The summed E-state index contributed by atoms with van der Waals surface area (Å²) in [6, 6.07) is 10.1. The van der Waals surface area contributed by atoms with E-state index in [9.17, 15) is 4.57 Å². The van der Waals surface area contributed by atoms with Crippen molar-refractivity contribution in [3.63, 3.8) is 0 Å². The van der Waals surface area contributed by atoms with Crippen LogP contribution in [0.1, 0.15) is 12.5 Å². The molecule has 2 heteroatoms. The van der Waals surface area contributed by atoms with E-state index < -0.39 is 7.14 Å². The number of hydrogen-bond donors (Lipinski definition) is 0. The zero-order valence-electron chi connectivity index (χ0n) is 8.65. The van der Waals surface area contributed by atoms with Crippen LogP contribution in [-0.2, 0) is 11.0 Å².